The maximum Gasteiger partial charge on any atom is 0.333 e. The molecule has 194 valence electrons. The molecule has 0 amide bonds. The molecular weight excluding hydrogens is 478 g/mol. The van der Waals surface area contributed by atoms with Crippen LogP contribution in [0.1, 0.15) is 49.9 Å². The predicted molar refractivity (Wildman–Crippen MR) is 147 cm³/mol. The number of hydrogen-bond donors (Lipinski definition) is 1. The van der Waals surface area contributed by atoms with Crippen LogP contribution in [0.4, 0.5) is 0 Å². The number of para-hydroxylation sites is 1. The monoisotopic (exact) mass is 509 g/mol. The van der Waals surface area contributed by atoms with Crippen molar-refractivity contribution in [2.45, 2.75) is 46.1 Å². The molecule has 0 radical (unpaired) electrons. The quantitative estimate of drug-likeness (QED) is 0.299. The number of nitrogens with one attached hydrogen (secondary N) is 1. The molecule has 3 heterocycles. The summed E-state index contributed by atoms with van der Waals surface area (Å²) in [5.41, 5.74) is 6.62. The minimum absolute atomic E-state index is 0.0729. The Kier molecular flexibility index (Phi) is 7.17. The predicted octanol–water partition coefficient (Wildman–Crippen LogP) is 5.01. The molecule has 38 heavy (non-hydrogen) atoms. The smallest absolute Gasteiger partial charge is 0.333 e. The molecule has 3 aromatic heterocycles. The summed E-state index contributed by atoms with van der Waals surface area (Å²) in [6.07, 6.45) is 7.23. The highest BCUT2D eigenvalue weighted by Gasteiger charge is 2.20. The van der Waals surface area contributed by atoms with Crippen molar-refractivity contribution in [1.82, 2.24) is 34.7 Å². The van der Waals surface area contributed by atoms with Gasteiger partial charge in [0.05, 0.1) is 19.3 Å². The van der Waals surface area contributed by atoms with Gasteiger partial charge in [0, 0.05) is 35.4 Å². The van der Waals surface area contributed by atoms with Crippen molar-refractivity contribution in [2.24, 2.45) is 0 Å². The van der Waals surface area contributed by atoms with Crippen LogP contribution >= 0.6 is 0 Å². The van der Waals surface area contributed by atoms with E-state index in [4.69, 9.17) is 4.74 Å². The lowest BCUT2D eigenvalue weighted by Crippen LogP contribution is -2.25. The van der Waals surface area contributed by atoms with Crippen LogP contribution in [0.15, 0.2) is 71.9 Å². The molecule has 0 bridgehead atoms. The van der Waals surface area contributed by atoms with E-state index >= 15 is 0 Å². The Balaban J connectivity index is 1.52. The molecule has 0 saturated heterocycles. The Morgan fingerprint density at radius 1 is 1.05 bits per heavy atom. The van der Waals surface area contributed by atoms with Gasteiger partial charge in [-0.05, 0) is 51.6 Å². The van der Waals surface area contributed by atoms with Crippen molar-refractivity contribution in [2.75, 3.05) is 7.11 Å². The number of rotatable bonds is 9. The minimum atomic E-state index is -0.0729. The molecule has 9 nitrogen and oxygen atoms in total. The van der Waals surface area contributed by atoms with Crippen LogP contribution < -0.4 is 10.4 Å². The molecule has 0 aliphatic rings. The summed E-state index contributed by atoms with van der Waals surface area (Å²) in [5, 5.41) is 14.2. The molecule has 0 atom stereocenters. The number of hydrogen-bond acceptors (Lipinski definition) is 6. The first-order valence-corrected chi connectivity index (χ1v) is 12.8. The van der Waals surface area contributed by atoms with Gasteiger partial charge in [-0.3, -0.25) is 14.1 Å². The van der Waals surface area contributed by atoms with Crippen LogP contribution in [0.3, 0.4) is 0 Å². The maximum absolute atomic E-state index is 13.8. The summed E-state index contributed by atoms with van der Waals surface area (Å²) in [6.45, 7) is 6.85. The molecule has 9 heteroatoms. The number of aromatic amines is 1. The molecule has 0 unspecified atom stereocenters. The lowest BCUT2D eigenvalue weighted by atomic mass is 10.0. The number of H-pyrrole nitrogens is 1. The zero-order chi connectivity index (χ0) is 26.6. The highest BCUT2D eigenvalue weighted by Crippen LogP contribution is 2.32. The van der Waals surface area contributed by atoms with Gasteiger partial charge in [-0.25, -0.2) is 9.89 Å². The number of nitrogens with zero attached hydrogens (tertiary/aromatic N) is 6. The summed E-state index contributed by atoms with van der Waals surface area (Å²) >= 11 is 0. The van der Waals surface area contributed by atoms with E-state index in [9.17, 15) is 4.79 Å². The molecule has 1 N–H and O–H groups in total. The standard InChI is InChI=1S/C29H31N7O2/c1-5-7-22-18-36(27-23(19(2)3)8-6-9-26(27)38-4)29(37)35(22)17-20-10-12-21(13-11-20)25-16-30-15-14-24(25)28-31-33-34-32-28/h6,8-16,18-19H,5,7,17H2,1-4H3,(H,31,32,33,34). The van der Waals surface area contributed by atoms with Crippen molar-refractivity contribution in [3.63, 3.8) is 0 Å². The van der Waals surface area contributed by atoms with Gasteiger partial charge in [0.1, 0.15) is 5.75 Å². The highest BCUT2D eigenvalue weighted by atomic mass is 16.5. The van der Waals surface area contributed by atoms with Crippen molar-refractivity contribution in [3.8, 4) is 34.0 Å². The van der Waals surface area contributed by atoms with Crippen molar-refractivity contribution < 1.29 is 4.74 Å². The van der Waals surface area contributed by atoms with Gasteiger partial charge >= 0.3 is 5.69 Å². The van der Waals surface area contributed by atoms with Gasteiger partial charge < -0.3 is 4.74 Å². The molecule has 5 rings (SSSR count). The summed E-state index contributed by atoms with van der Waals surface area (Å²) in [5.74, 6) is 1.51. The van der Waals surface area contributed by atoms with Crippen LogP contribution in [-0.4, -0.2) is 41.9 Å². The topological polar surface area (TPSA) is 104 Å². The molecule has 0 spiro atoms. The maximum atomic E-state index is 13.8. The Morgan fingerprint density at radius 3 is 2.55 bits per heavy atom. The van der Waals surface area contributed by atoms with E-state index in [1.54, 1.807) is 24.1 Å². The third-order valence-electron chi connectivity index (χ3n) is 6.71. The lowest BCUT2D eigenvalue weighted by molar-refractivity contribution is 0.411. The van der Waals surface area contributed by atoms with Crippen LogP contribution in [-0.2, 0) is 13.0 Å². The zero-order valence-electron chi connectivity index (χ0n) is 22.0. The number of tetrazole rings is 1. The average molecular weight is 510 g/mol. The van der Waals surface area contributed by atoms with Gasteiger partial charge in [0.15, 0.2) is 5.82 Å². The number of imidazole rings is 1. The van der Waals surface area contributed by atoms with E-state index in [0.29, 0.717) is 18.1 Å². The normalized spacial score (nSPS) is 11.3. The first-order chi connectivity index (χ1) is 18.5. The Morgan fingerprint density at radius 2 is 1.87 bits per heavy atom. The van der Waals surface area contributed by atoms with Crippen molar-refractivity contribution in [1.29, 1.82) is 0 Å². The van der Waals surface area contributed by atoms with Crippen molar-refractivity contribution >= 4 is 0 Å². The number of aromatic nitrogens is 7. The fraction of sp³-hybridized carbons (Fsp3) is 0.276. The molecule has 0 saturated carbocycles. The average Bonchev–Trinajstić information content (AvgIpc) is 3.58. The fourth-order valence-corrected chi connectivity index (χ4v) is 4.82. The first kappa shape index (κ1) is 25.1. The van der Waals surface area contributed by atoms with Gasteiger partial charge in [0.25, 0.3) is 0 Å². The van der Waals surface area contributed by atoms with Crippen LogP contribution in [0.2, 0.25) is 0 Å². The van der Waals surface area contributed by atoms with Crippen LogP contribution in [0, 0.1) is 0 Å². The number of ether oxygens (including phenoxy) is 1. The molecule has 0 aliphatic heterocycles. The number of aryl methyl sites for hydroxylation is 1. The third-order valence-corrected chi connectivity index (χ3v) is 6.71. The Labute approximate surface area is 221 Å². The second kappa shape index (κ2) is 10.8. The molecular formula is C29H31N7O2. The van der Waals surface area contributed by atoms with E-state index in [1.165, 1.54) is 0 Å². The van der Waals surface area contributed by atoms with Gasteiger partial charge in [-0.15, -0.1) is 5.10 Å². The number of methoxy groups -OCH3 is 1. The van der Waals surface area contributed by atoms with E-state index in [2.05, 4.69) is 52.4 Å². The van der Waals surface area contributed by atoms with E-state index in [-0.39, 0.29) is 11.6 Å². The van der Waals surface area contributed by atoms with Gasteiger partial charge in [-0.2, -0.15) is 0 Å². The largest absolute Gasteiger partial charge is 0.495 e. The minimum Gasteiger partial charge on any atom is -0.495 e. The highest BCUT2D eigenvalue weighted by molar-refractivity contribution is 5.79. The number of pyridine rings is 1. The Bertz CT molecular complexity index is 1580. The summed E-state index contributed by atoms with van der Waals surface area (Å²) in [6, 6.07) is 16.0. The van der Waals surface area contributed by atoms with E-state index in [1.807, 2.05) is 53.2 Å². The molecule has 0 fully saturated rings. The second-order valence-electron chi connectivity index (χ2n) is 9.53. The van der Waals surface area contributed by atoms with E-state index in [0.717, 1.165) is 52.0 Å². The fourth-order valence-electron chi connectivity index (χ4n) is 4.82. The summed E-state index contributed by atoms with van der Waals surface area (Å²) in [7, 11) is 1.64. The summed E-state index contributed by atoms with van der Waals surface area (Å²) in [4.78, 5) is 18.1. The van der Waals surface area contributed by atoms with Gasteiger partial charge in [0.2, 0.25) is 0 Å². The zero-order valence-corrected chi connectivity index (χ0v) is 22.0. The van der Waals surface area contributed by atoms with E-state index < -0.39 is 0 Å². The second-order valence-corrected chi connectivity index (χ2v) is 9.53. The third kappa shape index (κ3) is 4.74. The molecule has 0 aliphatic carbocycles. The van der Waals surface area contributed by atoms with Gasteiger partial charge in [-0.1, -0.05) is 63.6 Å². The SMILES string of the molecule is CCCc1cn(-c2c(OC)cccc2C(C)C)c(=O)n1Cc1ccc(-c2cnccc2-c2nnn[nH]2)cc1. The van der Waals surface area contributed by atoms with Crippen LogP contribution in [0.5, 0.6) is 5.75 Å². The summed E-state index contributed by atoms with van der Waals surface area (Å²) < 4.78 is 9.29. The lowest BCUT2D eigenvalue weighted by Gasteiger charge is -2.16. The first-order valence-electron chi connectivity index (χ1n) is 12.8. The molecule has 2 aromatic carbocycles. The number of benzene rings is 2. The molecule has 5 aromatic rings. The van der Waals surface area contributed by atoms with Crippen molar-refractivity contribution in [3.05, 3.63) is 94.4 Å². The Hall–Kier alpha value is -4.53. The van der Waals surface area contributed by atoms with Crippen LogP contribution in [0.25, 0.3) is 28.2 Å².